The summed E-state index contributed by atoms with van der Waals surface area (Å²) in [6.45, 7) is 0. The standard InChI is InChI=1S/C25H16ClN5O4S/c1-36(34,35)29-18-6-10-19(11-7-18)30-22-12-15(14-27)2-3-16(22)13-21-23(30)28-25(33)31(24(21)32)20-8-4-17(26)5-9-20/h2-13,29H,1H3. The van der Waals surface area contributed by atoms with Gasteiger partial charge in [0.15, 0.2) is 5.82 Å². The molecule has 3 aromatic rings. The first-order chi connectivity index (χ1) is 17.1. The molecule has 11 heteroatoms. The molecular weight excluding hydrogens is 502 g/mol. The monoisotopic (exact) mass is 517 g/mol. The number of sulfonamides is 1. The molecule has 0 saturated carbocycles. The van der Waals surface area contributed by atoms with E-state index in [9.17, 15) is 23.3 Å². The van der Waals surface area contributed by atoms with Crippen LogP contribution >= 0.6 is 11.6 Å². The Morgan fingerprint density at radius 3 is 2.19 bits per heavy atom. The summed E-state index contributed by atoms with van der Waals surface area (Å²) >= 11 is 5.95. The maximum absolute atomic E-state index is 13.5. The van der Waals surface area contributed by atoms with Gasteiger partial charge in [0.25, 0.3) is 5.56 Å². The van der Waals surface area contributed by atoms with Crippen LogP contribution in [-0.2, 0) is 10.0 Å². The highest BCUT2D eigenvalue weighted by Crippen LogP contribution is 2.29. The van der Waals surface area contributed by atoms with Crippen molar-refractivity contribution in [1.82, 2.24) is 14.1 Å². The SMILES string of the molecule is CS(=O)(=O)Nc1ccc(-n2c3nc(=O)n(-c4ccc(Cl)cc4)c(=O)c-3cc3ccc(C#N)cc32)cc1. The molecule has 0 fully saturated rings. The molecule has 0 radical (unpaired) electrons. The molecule has 0 aromatic heterocycles. The molecule has 0 spiro atoms. The number of benzene rings is 3. The Morgan fingerprint density at radius 1 is 0.917 bits per heavy atom. The fourth-order valence-corrected chi connectivity index (χ4v) is 4.66. The van der Waals surface area contributed by atoms with Crippen molar-refractivity contribution < 1.29 is 8.42 Å². The third-order valence-electron chi connectivity index (χ3n) is 5.49. The van der Waals surface area contributed by atoms with Crippen LogP contribution < -0.4 is 16.0 Å². The van der Waals surface area contributed by atoms with Crippen LogP contribution in [0.2, 0.25) is 5.02 Å². The largest absolute Gasteiger partial charge is 0.357 e. The Balaban J connectivity index is 1.83. The van der Waals surface area contributed by atoms with E-state index in [1.807, 2.05) is 0 Å². The van der Waals surface area contributed by atoms with Crippen LogP contribution in [0.5, 0.6) is 0 Å². The number of nitrogens with one attached hydrogen (secondary N) is 1. The van der Waals surface area contributed by atoms with Gasteiger partial charge in [0.05, 0.1) is 34.7 Å². The molecule has 9 nitrogen and oxygen atoms in total. The third-order valence-corrected chi connectivity index (χ3v) is 6.35. The molecule has 2 heterocycles. The van der Waals surface area contributed by atoms with Gasteiger partial charge in [0.1, 0.15) is 0 Å². The molecular formula is C25H16ClN5O4S. The zero-order valence-corrected chi connectivity index (χ0v) is 20.2. The highest BCUT2D eigenvalue weighted by atomic mass is 35.5. The quantitative estimate of drug-likeness (QED) is 0.363. The van der Waals surface area contributed by atoms with Crippen LogP contribution in [0.4, 0.5) is 5.69 Å². The molecule has 0 amide bonds. The second-order valence-corrected chi connectivity index (χ2v) is 10.2. The van der Waals surface area contributed by atoms with Crippen molar-refractivity contribution in [2.24, 2.45) is 0 Å². The van der Waals surface area contributed by atoms with Crippen molar-refractivity contribution in [2.75, 3.05) is 11.0 Å². The van der Waals surface area contributed by atoms with Crippen LogP contribution in [0.25, 0.3) is 33.7 Å². The lowest BCUT2D eigenvalue weighted by atomic mass is 10.1. The van der Waals surface area contributed by atoms with Gasteiger partial charge in [-0.25, -0.2) is 17.8 Å². The van der Waals surface area contributed by atoms with E-state index in [2.05, 4.69) is 15.8 Å². The van der Waals surface area contributed by atoms with Gasteiger partial charge in [0.2, 0.25) is 10.0 Å². The smallest absolute Gasteiger partial charge is 0.294 e. The van der Waals surface area contributed by atoms with Gasteiger partial charge in [-0.2, -0.15) is 10.2 Å². The minimum absolute atomic E-state index is 0.0987. The van der Waals surface area contributed by atoms with E-state index in [4.69, 9.17) is 11.6 Å². The molecule has 0 atom stereocenters. The first-order valence-electron chi connectivity index (χ1n) is 10.5. The number of nitrogens with zero attached hydrogens (tertiary/aromatic N) is 4. The molecule has 2 aliphatic rings. The van der Waals surface area contributed by atoms with Gasteiger partial charge >= 0.3 is 5.69 Å². The fourth-order valence-electron chi connectivity index (χ4n) is 3.97. The molecule has 1 N–H and O–H groups in total. The van der Waals surface area contributed by atoms with E-state index in [0.29, 0.717) is 38.6 Å². The van der Waals surface area contributed by atoms with Crippen LogP contribution in [0.1, 0.15) is 5.56 Å². The molecule has 0 unspecified atom stereocenters. The van der Waals surface area contributed by atoms with E-state index in [-0.39, 0.29) is 11.4 Å². The fraction of sp³-hybridized carbons (Fsp3) is 0.0400. The van der Waals surface area contributed by atoms with Crippen LogP contribution in [-0.4, -0.2) is 28.8 Å². The summed E-state index contributed by atoms with van der Waals surface area (Å²) in [5, 5.41) is 10.5. The second-order valence-electron chi connectivity index (χ2n) is 8.03. The number of anilines is 1. The number of hydrogen-bond acceptors (Lipinski definition) is 6. The van der Waals surface area contributed by atoms with Crippen molar-refractivity contribution in [3.8, 4) is 28.8 Å². The molecule has 0 saturated heterocycles. The van der Waals surface area contributed by atoms with Crippen molar-refractivity contribution in [1.29, 1.82) is 5.26 Å². The predicted octanol–water partition coefficient (Wildman–Crippen LogP) is 3.54. The topological polar surface area (TPSA) is 127 Å². The summed E-state index contributed by atoms with van der Waals surface area (Å²) < 4.78 is 28.1. The predicted molar refractivity (Wildman–Crippen MR) is 138 cm³/mol. The first kappa shape index (κ1) is 23.3. The second kappa shape index (κ2) is 8.64. The maximum Gasteiger partial charge on any atom is 0.357 e. The Kier molecular flexibility index (Phi) is 5.59. The molecule has 0 bridgehead atoms. The number of aromatic nitrogens is 3. The number of hydrogen-bond donors (Lipinski definition) is 1. The average molecular weight is 518 g/mol. The van der Waals surface area contributed by atoms with Gasteiger partial charge in [-0.1, -0.05) is 17.7 Å². The number of halogens is 1. The summed E-state index contributed by atoms with van der Waals surface area (Å²) in [5.41, 5.74) is 0.926. The Morgan fingerprint density at radius 2 is 1.56 bits per heavy atom. The normalized spacial score (nSPS) is 11.5. The average Bonchev–Trinajstić information content (AvgIpc) is 2.83. The lowest BCUT2D eigenvalue weighted by Gasteiger charge is -2.19. The van der Waals surface area contributed by atoms with E-state index in [0.717, 1.165) is 10.8 Å². The summed E-state index contributed by atoms with van der Waals surface area (Å²) in [6.07, 6.45) is 1.04. The van der Waals surface area contributed by atoms with Gasteiger partial charge in [-0.3, -0.25) is 14.1 Å². The first-order valence-corrected chi connectivity index (χ1v) is 12.8. The van der Waals surface area contributed by atoms with Crippen LogP contribution in [0, 0.1) is 11.3 Å². The summed E-state index contributed by atoms with van der Waals surface area (Å²) in [6, 6.07) is 21.3. The van der Waals surface area contributed by atoms with Gasteiger partial charge in [0, 0.05) is 16.4 Å². The zero-order chi connectivity index (χ0) is 25.6. The minimum atomic E-state index is -3.48. The van der Waals surface area contributed by atoms with E-state index in [1.54, 1.807) is 77.4 Å². The van der Waals surface area contributed by atoms with Crippen molar-refractivity contribution in [3.05, 3.63) is 104 Å². The van der Waals surface area contributed by atoms with Gasteiger partial charge < -0.3 is 0 Å². The number of rotatable bonds is 4. The molecule has 36 heavy (non-hydrogen) atoms. The summed E-state index contributed by atoms with van der Waals surface area (Å²) in [5.74, 6) is 0.0987. The Hall–Kier alpha value is -4.46. The Bertz CT molecular complexity index is 1890. The van der Waals surface area contributed by atoms with Gasteiger partial charge in [-0.05, 0) is 72.1 Å². The van der Waals surface area contributed by atoms with Crippen LogP contribution in [0.3, 0.4) is 0 Å². The lowest BCUT2D eigenvalue weighted by Crippen LogP contribution is -2.36. The van der Waals surface area contributed by atoms with Crippen molar-refractivity contribution in [3.63, 3.8) is 0 Å². The zero-order valence-electron chi connectivity index (χ0n) is 18.6. The minimum Gasteiger partial charge on any atom is -0.294 e. The number of pyridine rings is 1. The maximum atomic E-state index is 13.5. The summed E-state index contributed by atoms with van der Waals surface area (Å²) in [4.78, 5) is 30.9. The number of fused-ring (bicyclic) bond motifs is 2. The molecule has 5 rings (SSSR count). The molecule has 2 aliphatic heterocycles. The van der Waals surface area contributed by atoms with E-state index in [1.165, 1.54) is 0 Å². The van der Waals surface area contributed by atoms with Crippen molar-refractivity contribution >= 4 is 38.2 Å². The van der Waals surface area contributed by atoms with E-state index >= 15 is 0 Å². The molecule has 0 aliphatic carbocycles. The number of nitriles is 1. The highest BCUT2D eigenvalue weighted by Gasteiger charge is 2.22. The van der Waals surface area contributed by atoms with Crippen molar-refractivity contribution in [2.45, 2.75) is 0 Å². The lowest BCUT2D eigenvalue weighted by molar-refractivity contribution is 0.607. The molecule has 3 aromatic carbocycles. The summed E-state index contributed by atoms with van der Waals surface area (Å²) in [7, 11) is -3.48. The Labute approximate surface area is 209 Å². The van der Waals surface area contributed by atoms with Gasteiger partial charge in [-0.15, -0.1) is 0 Å². The third kappa shape index (κ3) is 4.22. The molecule has 178 valence electrons. The van der Waals surface area contributed by atoms with Crippen LogP contribution in [0.15, 0.2) is 82.4 Å². The van der Waals surface area contributed by atoms with E-state index < -0.39 is 21.3 Å². The highest BCUT2D eigenvalue weighted by molar-refractivity contribution is 7.92.